The minimum Gasteiger partial charge on any atom is -0.299 e. The molecule has 0 radical (unpaired) electrons. The van der Waals surface area contributed by atoms with Gasteiger partial charge in [-0.25, -0.2) is 0 Å². The fraction of sp³-hybridized carbons (Fsp3) is 0.769. The van der Waals surface area contributed by atoms with E-state index in [1.54, 1.807) is 0 Å². The number of hydrogen-bond donors (Lipinski definition) is 0. The van der Waals surface area contributed by atoms with E-state index in [1.165, 1.54) is 12.0 Å². The normalized spacial score (nSPS) is 36.9. The molecule has 0 bridgehead atoms. The molecule has 2 aliphatic carbocycles. The van der Waals surface area contributed by atoms with Crippen LogP contribution in [0.5, 0.6) is 0 Å². The molecule has 0 aromatic carbocycles. The summed E-state index contributed by atoms with van der Waals surface area (Å²) in [5, 5.41) is 0. The Hall–Kier alpha value is -0.373. The smallest absolute Gasteiger partial charge is 0.136 e. The molecule has 0 unspecified atom stereocenters. The highest BCUT2D eigenvalue weighted by Crippen LogP contribution is 2.53. The van der Waals surface area contributed by atoms with Gasteiger partial charge in [-0.2, -0.15) is 0 Å². The van der Waals surface area contributed by atoms with Crippen LogP contribution in [0.1, 0.15) is 25.7 Å². The van der Waals surface area contributed by atoms with Crippen molar-refractivity contribution in [1.82, 2.24) is 0 Å². The lowest BCUT2D eigenvalue weighted by molar-refractivity contribution is -0.125. The first kappa shape index (κ1) is 11.1. The lowest BCUT2D eigenvalue weighted by Gasteiger charge is -2.34. The fourth-order valence-electron chi connectivity index (χ4n) is 3.70. The highest BCUT2D eigenvalue weighted by Gasteiger charge is 2.49. The van der Waals surface area contributed by atoms with E-state index in [2.05, 4.69) is 26.2 Å². The molecule has 0 amide bonds. The Morgan fingerprint density at radius 2 is 2.00 bits per heavy atom. The average molecular weight is 222 g/mol. The molecular formula is C13H22OSi. The molecule has 84 valence electrons. The summed E-state index contributed by atoms with van der Waals surface area (Å²) in [6, 6.07) is 0. The van der Waals surface area contributed by atoms with Gasteiger partial charge >= 0.3 is 0 Å². The molecule has 2 saturated carbocycles. The number of ketones is 1. The van der Waals surface area contributed by atoms with Gasteiger partial charge in [-0.3, -0.25) is 4.79 Å². The minimum absolute atomic E-state index is 0.359. The zero-order valence-corrected chi connectivity index (χ0v) is 11.2. The Morgan fingerprint density at radius 1 is 1.33 bits per heavy atom. The van der Waals surface area contributed by atoms with Gasteiger partial charge in [-0.15, -0.1) is 0 Å². The Morgan fingerprint density at radius 3 is 2.60 bits per heavy atom. The molecule has 0 saturated heterocycles. The average Bonchev–Trinajstić information content (AvgIpc) is 2.41. The zero-order chi connectivity index (χ0) is 11.2. The summed E-state index contributed by atoms with van der Waals surface area (Å²) in [5.41, 5.74) is 1.95. The van der Waals surface area contributed by atoms with Gasteiger partial charge in [0.2, 0.25) is 0 Å². The molecule has 0 aromatic heterocycles. The van der Waals surface area contributed by atoms with Gasteiger partial charge in [0.1, 0.15) is 5.78 Å². The molecule has 0 spiro atoms. The third-order valence-corrected chi connectivity index (χ3v) is 6.77. The molecule has 15 heavy (non-hydrogen) atoms. The predicted octanol–water partition coefficient (Wildman–Crippen LogP) is 3.64. The van der Waals surface area contributed by atoms with Crippen LogP contribution in [0.3, 0.4) is 0 Å². The van der Waals surface area contributed by atoms with Crippen LogP contribution < -0.4 is 0 Å². The van der Waals surface area contributed by atoms with Gasteiger partial charge in [0.25, 0.3) is 0 Å². The number of rotatable bonds is 1. The van der Waals surface area contributed by atoms with E-state index < -0.39 is 8.07 Å². The van der Waals surface area contributed by atoms with Gasteiger partial charge in [-0.05, 0) is 30.7 Å². The Balaban J connectivity index is 2.30. The van der Waals surface area contributed by atoms with Crippen molar-refractivity contribution < 1.29 is 4.79 Å². The van der Waals surface area contributed by atoms with Gasteiger partial charge in [0, 0.05) is 12.3 Å². The minimum atomic E-state index is -1.26. The van der Waals surface area contributed by atoms with Crippen LogP contribution in [0.15, 0.2) is 12.2 Å². The van der Waals surface area contributed by atoms with Crippen molar-refractivity contribution in [3.05, 3.63) is 12.2 Å². The van der Waals surface area contributed by atoms with Gasteiger partial charge in [-0.1, -0.05) is 31.8 Å². The van der Waals surface area contributed by atoms with E-state index in [0.29, 0.717) is 23.2 Å². The Labute approximate surface area is 94.0 Å². The van der Waals surface area contributed by atoms with Crippen molar-refractivity contribution in [1.29, 1.82) is 0 Å². The molecule has 2 rings (SSSR count). The molecule has 2 heteroatoms. The molecular weight excluding hydrogens is 200 g/mol. The second-order valence-electron chi connectivity index (χ2n) is 6.35. The van der Waals surface area contributed by atoms with Crippen LogP contribution in [-0.4, -0.2) is 13.9 Å². The first-order valence-electron chi connectivity index (χ1n) is 6.11. The molecule has 0 heterocycles. The molecule has 0 aliphatic heterocycles. The van der Waals surface area contributed by atoms with Gasteiger partial charge in [0.15, 0.2) is 0 Å². The molecule has 2 aliphatic rings. The van der Waals surface area contributed by atoms with Crippen molar-refractivity contribution >= 4 is 13.9 Å². The molecule has 0 N–H and O–H groups in total. The van der Waals surface area contributed by atoms with Crippen LogP contribution in [0, 0.1) is 11.8 Å². The number of fused-ring (bicyclic) bond motifs is 1. The van der Waals surface area contributed by atoms with E-state index in [4.69, 9.17) is 0 Å². The van der Waals surface area contributed by atoms with Gasteiger partial charge < -0.3 is 0 Å². The lowest BCUT2D eigenvalue weighted by Crippen LogP contribution is -2.37. The van der Waals surface area contributed by atoms with E-state index in [9.17, 15) is 4.79 Å². The number of Topliss-reactive ketones (excluding diaryl/α,β-unsaturated/α-hetero) is 1. The van der Waals surface area contributed by atoms with Crippen molar-refractivity contribution in [3.8, 4) is 0 Å². The van der Waals surface area contributed by atoms with Crippen LogP contribution in [0.4, 0.5) is 0 Å². The van der Waals surface area contributed by atoms with Crippen LogP contribution in [0.25, 0.3) is 0 Å². The summed E-state index contributed by atoms with van der Waals surface area (Å²) in [6.07, 6.45) is 4.34. The SMILES string of the molecule is C=C1C[C@H]2CCCC(=O)[C@H]2[C@@H]1[Si](C)(C)C. The number of carbonyl (C=O) groups excluding carboxylic acids is 1. The fourth-order valence-corrected chi connectivity index (χ4v) is 6.58. The molecule has 1 nitrogen and oxygen atoms in total. The summed E-state index contributed by atoms with van der Waals surface area (Å²) in [7, 11) is -1.26. The summed E-state index contributed by atoms with van der Waals surface area (Å²) in [5.74, 6) is 1.55. The van der Waals surface area contributed by atoms with Crippen LogP contribution in [-0.2, 0) is 4.79 Å². The highest BCUT2D eigenvalue weighted by molar-refractivity contribution is 6.78. The maximum absolute atomic E-state index is 12.1. The zero-order valence-electron chi connectivity index (χ0n) is 10.2. The quantitative estimate of drug-likeness (QED) is 0.489. The van der Waals surface area contributed by atoms with Crippen molar-refractivity contribution in [3.63, 3.8) is 0 Å². The summed E-state index contributed by atoms with van der Waals surface area (Å²) in [4.78, 5) is 12.1. The number of allylic oxidation sites excluding steroid dienone is 1. The summed E-state index contributed by atoms with van der Waals surface area (Å²) < 4.78 is 0. The molecule has 0 aromatic rings. The third kappa shape index (κ3) is 1.84. The predicted molar refractivity (Wildman–Crippen MR) is 66.7 cm³/mol. The monoisotopic (exact) mass is 222 g/mol. The third-order valence-electron chi connectivity index (χ3n) is 4.13. The van der Waals surface area contributed by atoms with Crippen molar-refractivity contribution in [2.45, 2.75) is 50.9 Å². The van der Waals surface area contributed by atoms with Gasteiger partial charge in [0.05, 0.1) is 8.07 Å². The second-order valence-corrected chi connectivity index (χ2v) is 11.7. The molecule has 2 fully saturated rings. The van der Waals surface area contributed by atoms with Crippen LogP contribution in [0.2, 0.25) is 25.2 Å². The maximum atomic E-state index is 12.1. The number of hydrogen-bond acceptors (Lipinski definition) is 1. The van der Waals surface area contributed by atoms with Crippen molar-refractivity contribution in [2.75, 3.05) is 0 Å². The summed E-state index contributed by atoms with van der Waals surface area (Å²) in [6.45, 7) is 11.4. The largest absolute Gasteiger partial charge is 0.299 e. The Bertz CT molecular complexity index is 300. The standard InChI is InChI=1S/C13H22OSi/c1-9-8-10-6-5-7-11(14)12(10)13(9)15(2,3)4/h10,12-13H,1,5-8H2,2-4H3/t10-,12+,13-/m1/s1. The maximum Gasteiger partial charge on any atom is 0.136 e. The topological polar surface area (TPSA) is 17.1 Å². The first-order valence-corrected chi connectivity index (χ1v) is 9.69. The van der Waals surface area contributed by atoms with E-state index in [1.807, 2.05) is 0 Å². The van der Waals surface area contributed by atoms with Crippen LogP contribution >= 0.6 is 0 Å². The number of carbonyl (C=O) groups is 1. The summed E-state index contributed by atoms with van der Waals surface area (Å²) >= 11 is 0. The lowest BCUT2D eigenvalue weighted by atomic mass is 9.80. The first-order chi connectivity index (χ1) is 6.91. The van der Waals surface area contributed by atoms with E-state index in [0.717, 1.165) is 19.3 Å². The van der Waals surface area contributed by atoms with E-state index >= 15 is 0 Å². The highest BCUT2D eigenvalue weighted by atomic mass is 28.3. The molecule has 3 atom stereocenters. The second kappa shape index (κ2) is 3.58. The van der Waals surface area contributed by atoms with Crippen molar-refractivity contribution in [2.24, 2.45) is 11.8 Å². The Kier molecular flexibility index (Phi) is 2.66. The van der Waals surface area contributed by atoms with E-state index in [-0.39, 0.29) is 0 Å².